The van der Waals surface area contributed by atoms with Gasteiger partial charge in [-0.3, -0.25) is 0 Å². The van der Waals surface area contributed by atoms with Gasteiger partial charge in [0.25, 0.3) is 0 Å². The van der Waals surface area contributed by atoms with E-state index >= 15 is 0 Å². The molecule has 0 saturated heterocycles. The van der Waals surface area contributed by atoms with Crippen molar-refractivity contribution in [2.24, 2.45) is 5.92 Å². The van der Waals surface area contributed by atoms with E-state index in [1.165, 1.54) is 0 Å². The fraction of sp³-hybridized carbons (Fsp3) is 0.211. The van der Waals surface area contributed by atoms with Gasteiger partial charge in [0.2, 0.25) is 0 Å². The molecule has 1 aliphatic rings. The van der Waals surface area contributed by atoms with Gasteiger partial charge in [0, 0.05) is 12.4 Å². The molecule has 0 fully saturated rings. The van der Waals surface area contributed by atoms with Crippen LogP contribution in [0.15, 0.2) is 158 Å². The molecule has 332 valence electrons. The molecule has 10 rings (SSSR count). The summed E-state index contributed by atoms with van der Waals surface area (Å²) in [6, 6.07) is 28.7. The van der Waals surface area contributed by atoms with Crippen LogP contribution in [0.25, 0.3) is 55.9 Å². The molecule has 0 amide bonds. The van der Waals surface area contributed by atoms with Gasteiger partial charge in [-0.25, -0.2) is 0 Å². The number of nitrogens with zero attached hydrogens (tertiary/aromatic N) is 6. The molecule has 0 spiro atoms. The average molecular weight is 1050 g/mol. The second-order valence-electron chi connectivity index (χ2n) is 19.0. The van der Waals surface area contributed by atoms with Crippen molar-refractivity contribution in [3.05, 3.63) is 185 Å². The standard InChI is InChI=1S/C57H53BN6O.Pt/c1-39(2)37-58-63(54-34-42(28-30-59-54)56(3,4)5)53-36-46(26-27-47(53)50-29-31-60-64(50)58)65-45-23-17-22-44(35-45)61-38-62(52-25-16-15-24-51(52)61)55-48(40-18-11-9-12-19-40)32-43(57(6,7)8)33-49(55)41-20-13-10-14-21-41;/h9-34,39H,37H2,1-8H3;/q-2;/i9D,10D,11D,12D,13D,14D,18D,19D,20D,21D;. The molecule has 9 aromatic rings. The van der Waals surface area contributed by atoms with E-state index in [0.29, 0.717) is 43.5 Å². The first-order valence-corrected chi connectivity index (χ1v) is 23.1. The maximum atomic E-state index is 9.31. The number of pyridine rings is 1. The van der Waals surface area contributed by atoms with Gasteiger partial charge in [0.05, 0.1) is 0 Å². The van der Waals surface area contributed by atoms with E-state index in [1.807, 2.05) is 103 Å². The van der Waals surface area contributed by atoms with Crippen molar-refractivity contribution in [3.8, 4) is 56.4 Å². The van der Waals surface area contributed by atoms with Crippen molar-refractivity contribution >= 4 is 29.5 Å². The molecule has 0 saturated carbocycles. The van der Waals surface area contributed by atoms with E-state index < -0.39 is 65.8 Å². The summed E-state index contributed by atoms with van der Waals surface area (Å²) in [5.74, 6) is 1.90. The molecule has 3 aromatic heterocycles. The monoisotopic (exact) mass is 1050 g/mol. The molecule has 6 aromatic carbocycles. The Hall–Kier alpha value is -6.50. The fourth-order valence-electron chi connectivity index (χ4n) is 8.61. The first-order chi connectivity index (χ1) is 35.9. The first-order valence-electron chi connectivity index (χ1n) is 27.0. The van der Waals surface area contributed by atoms with Gasteiger partial charge in [-0.05, 0) is 23.0 Å². The fourth-order valence-corrected chi connectivity index (χ4v) is 9.69. The Bertz CT molecular complexity index is 3760. The Morgan fingerprint density at radius 3 is 1.95 bits per heavy atom. The first kappa shape index (κ1) is 33.0. The van der Waals surface area contributed by atoms with Crippen molar-refractivity contribution < 1.29 is 37.8 Å². The third-order valence-corrected chi connectivity index (χ3v) is 12.9. The van der Waals surface area contributed by atoms with Gasteiger partial charge < -0.3 is 0 Å². The SMILES string of the molecule is [2H]c1c([2H])c([2H])c(-c2cc(C(C)(C)C)cc(-c3c([2H])c([2H])c([2H])c([2H])c3[2H])c2-n2[c](=[Pt])n(-c3[c-]c(Oc4[c-]c5c(cc4)-c4ccnn4B(CC(C)C)N5c4cc(C(C)(C)C)ccn4)ccc3)c3ccccc32)c([2H])c1[2H]. The molecular weight excluding hydrogens is 991 g/mol. The molecule has 66 heavy (non-hydrogen) atoms. The Labute approximate surface area is 414 Å². The third-order valence-electron chi connectivity index (χ3n) is 11.9. The number of para-hydroxylation sites is 2. The zero-order valence-corrected chi connectivity index (χ0v) is 40.3. The molecule has 0 radical (unpaired) electrons. The zero-order valence-electron chi connectivity index (χ0n) is 48.0. The summed E-state index contributed by atoms with van der Waals surface area (Å²) in [5.41, 5.74) is 5.93. The van der Waals surface area contributed by atoms with Gasteiger partial charge in [-0.2, -0.15) is 5.10 Å². The molecule has 1 aliphatic heterocycles. The topological polar surface area (TPSA) is 53.0 Å². The Balaban J connectivity index is 1.19. The van der Waals surface area contributed by atoms with Crippen molar-refractivity contribution in [2.45, 2.75) is 72.5 Å². The molecule has 0 unspecified atom stereocenters. The molecule has 4 heterocycles. The Morgan fingerprint density at radius 2 is 1.32 bits per heavy atom. The molecular formula is C57H53BN6OPt-2. The van der Waals surface area contributed by atoms with Crippen LogP contribution < -0.4 is 9.55 Å². The van der Waals surface area contributed by atoms with E-state index in [-0.39, 0.29) is 40.3 Å². The second-order valence-corrected chi connectivity index (χ2v) is 20.0. The zero-order chi connectivity index (χ0) is 54.6. The van der Waals surface area contributed by atoms with Crippen molar-refractivity contribution in [3.63, 3.8) is 0 Å². The number of fused-ring (bicyclic) bond motifs is 4. The van der Waals surface area contributed by atoms with Crippen molar-refractivity contribution in [1.82, 2.24) is 23.8 Å². The van der Waals surface area contributed by atoms with E-state index in [0.717, 1.165) is 34.6 Å². The summed E-state index contributed by atoms with van der Waals surface area (Å²) in [7, 11) is 0. The van der Waals surface area contributed by atoms with E-state index in [4.69, 9.17) is 23.0 Å². The summed E-state index contributed by atoms with van der Waals surface area (Å²) in [6.07, 6.45) is 4.46. The molecule has 0 N–H and O–H groups in total. The van der Waals surface area contributed by atoms with Gasteiger partial charge in [-0.1, -0.05) is 34.6 Å². The Kier molecular flexibility index (Phi) is 8.54. The van der Waals surface area contributed by atoms with Crippen LogP contribution in [0, 0.1) is 21.9 Å². The Morgan fingerprint density at radius 1 is 0.682 bits per heavy atom. The van der Waals surface area contributed by atoms with E-state index in [2.05, 4.69) is 87.6 Å². The summed E-state index contributed by atoms with van der Waals surface area (Å²) in [6.45, 7) is 16.6. The molecule has 0 aliphatic carbocycles. The third kappa shape index (κ3) is 8.00. The number of ether oxygens (including phenoxy) is 1. The minimum absolute atomic E-state index is 0.111. The summed E-state index contributed by atoms with van der Waals surface area (Å²) in [5, 5.41) is 4.82. The van der Waals surface area contributed by atoms with Gasteiger partial charge in [0.1, 0.15) is 0 Å². The van der Waals surface area contributed by atoms with Crippen LogP contribution in [0.2, 0.25) is 6.32 Å². The predicted molar refractivity (Wildman–Crippen MR) is 267 cm³/mol. The van der Waals surface area contributed by atoms with Crippen molar-refractivity contribution in [1.29, 1.82) is 0 Å². The van der Waals surface area contributed by atoms with Gasteiger partial charge in [0.15, 0.2) is 0 Å². The van der Waals surface area contributed by atoms with Crippen LogP contribution in [0.4, 0.5) is 11.5 Å². The number of aromatic nitrogens is 5. The summed E-state index contributed by atoms with van der Waals surface area (Å²) >= 11 is 2.17. The number of rotatable bonds is 9. The number of hydrogen-bond acceptors (Lipinski definition) is 4. The van der Waals surface area contributed by atoms with Crippen LogP contribution in [-0.2, 0) is 30.2 Å². The quantitative estimate of drug-likeness (QED) is 0.107. The van der Waals surface area contributed by atoms with E-state index in [9.17, 15) is 5.48 Å². The molecule has 0 bridgehead atoms. The van der Waals surface area contributed by atoms with Gasteiger partial charge in [-0.15, -0.1) is 0 Å². The second kappa shape index (κ2) is 17.1. The van der Waals surface area contributed by atoms with Crippen LogP contribution in [0.3, 0.4) is 0 Å². The van der Waals surface area contributed by atoms with Crippen molar-refractivity contribution in [2.75, 3.05) is 4.81 Å². The van der Waals surface area contributed by atoms with Crippen LogP contribution in [0.5, 0.6) is 11.5 Å². The predicted octanol–water partition coefficient (Wildman–Crippen LogP) is 14.2. The molecule has 9 heteroatoms. The average Bonchev–Trinajstić information content (AvgIpc) is 4.11. The van der Waals surface area contributed by atoms with Crippen LogP contribution in [0.1, 0.15) is 80.2 Å². The number of anilines is 2. The number of imidazole rings is 1. The normalized spacial score (nSPS) is 14.9. The molecule has 0 atom stereocenters. The molecule has 7 nitrogen and oxygen atoms in total. The minimum atomic E-state index is -0.635. The summed E-state index contributed by atoms with van der Waals surface area (Å²) < 4.78 is 103. The summed E-state index contributed by atoms with van der Waals surface area (Å²) in [4.78, 5) is 7.14. The maximum absolute atomic E-state index is 9.31. The number of benzene rings is 6. The van der Waals surface area contributed by atoms with Gasteiger partial charge >= 0.3 is 341 Å². The van der Waals surface area contributed by atoms with Crippen LogP contribution in [-0.4, -0.2) is 30.8 Å². The number of hydrogen-bond donors (Lipinski definition) is 0. The van der Waals surface area contributed by atoms with Crippen LogP contribution >= 0.6 is 0 Å². The van der Waals surface area contributed by atoms with E-state index in [1.54, 1.807) is 12.1 Å².